The number of benzene rings is 1. The van der Waals surface area contributed by atoms with Gasteiger partial charge in [-0.15, -0.1) is 6.58 Å². The number of hydrogen-bond donors (Lipinski definition) is 0. The second kappa shape index (κ2) is 6.44. The Kier molecular flexibility index (Phi) is 4.95. The van der Waals surface area contributed by atoms with Gasteiger partial charge in [0.25, 0.3) is 0 Å². The molecule has 0 heterocycles. The molecule has 0 spiro atoms. The Hall–Kier alpha value is -1.08. The molecular weight excluding hydrogens is 160 g/mol. The molecule has 0 saturated carbocycles. The molecule has 0 amide bonds. The van der Waals surface area contributed by atoms with Gasteiger partial charge in [-0.3, -0.25) is 0 Å². The summed E-state index contributed by atoms with van der Waals surface area (Å²) < 4.78 is 5.41. The molecular formula is C12H16O. The van der Waals surface area contributed by atoms with Crippen LogP contribution in [0, 0.1) is 0 Å². The van der Waals surface area contributed by atoms with Crippen molar-refractivity contribution in [1.82, 2.24) is 0 Å². The fourth-order valence-electron chi connectivity index (χ4n) is 1.10. The van der Waals surface area contributed by atoms with Gasteiger partial charge in [0, 0.05) is 0 Å². The van der Waals surface area contributed by atoms with Crippen LogP contribution in [0.15, 0.2) is 43.0 Å². The number of rotatable bonds is 6. The Morgan fingerprint density at radius 2 is 1.92 bits per heavy atom. The van der Waals surface area contributed by atoms with E-state index in [-0.39, 0.29) is 0 Å². The van der Waals surface area contributed by atoms with E-state index in [0.717, 1.165) is 26.1 Å². The van der Waals surface area contributed by atoms with Gasteiger partial charge in [-0.05, 0) is 18.4 Å². The standard InChI is InChI=1S/C12H16O/c1-2-3-10-13-11-9-12-7-5-4-6-8-12/h2,4-8H,1,3,9-11H2. The molecule has 0 unspecified atom stereocenters. The zero-order valence-corrected chi connectivity index (χ0v) is 7.91. The average Bonchev–Trinajstić information content (AvgIpc) is 2.19. The third-order valence-corrected chi connectivity index (χ3v) is 1.84. The first-order valence-corrected chi connectivity index (χ1v) is 4.66. The van der Waals surface area contributed by atoms with Gasteiger partial charge in [0.15, 0.2) is 0 Å². The summed E-state index contributed by atoms with van der Waals surface area (Å²) in [6.07, 6.45) is 3.81. The predicted octanol–water partition coefficient (Wildman–Crippen LogP) is 2.82. The highest BCUT2D eigenvalue weighted by Gasteiger charge is 1.90. The highest BCUT2D eigenvalue weighted by Crippen LogP contribution is 1.99. The third-order valence-electron chi connectivity index (χ3n) is 1.84. The van der Waals surface area contributed by atoms with Crippen LogP contribution in [0.1, 0.15) is 12.0 Å². The minimum absolute atomic E-state index is 0.788. The lowest BCUT2D eigenvalue weighted by atomic mass is 10.2. The van der Waals surface area contributed by atoms with Crippen LogP contribution in [0.3, 0.4) is 0 Å². The van der Waals surface area contributed by atoms with Gasteiger partial charge in [-0.2, -0.15) is 0 Å². The molecule has 1 rings (SSSR count). The van der Waals surface area contributed by atoms with Crippen LogP contribution in [0.2, 0.25) is 0 Å². The van der Waals surface area contributed by atoms with Crippen molar-refractivity contribution in [3.63, 3.8) is 0 Å². The van der Waals surface area contributed by atoms with E-state index in [4.69, 9.17) is 4.74 Å². The van der Waals surface area contributed by atoms with E-state index in [0.29, 0.717) is 0 Å². The quantitative estimate of drug-likeness (QED) is 0.478. The van der Waals surface area contributed by atoms with E-state index in [1.54, 1.807) is 0 Å². The topological polar surface area (TPSA) is 9.23 Å². The second-order valence-electron chi connectivity index (χ2n) is 2.93. The highest BCUT2D eigenvalue weighted by molar-refractivity contribution is 5.14. The smallest absolute Gasteiger partial charge is 0.0506 e. The van der Waals surface area contributed by atoms with Gasteiger partial charge in [-0.25, -0.2) is 0 Å². The molecule has 70 valence electrons. The molecule has 0 radical (unpaired) electrons. The summed E-state index contributed by atoms with van der Waals surface area (Å²) in [4.78, 5) is 0. The SMILES string of the molecule is C=CCCOCCc1ccccc1. The van der Waals surface area contributed by atoms with Crippen molar-refractivity contribution in [1.29, 1.82) is 0 Å². The van der Waals surface area contributed by atoms with Crippen molar-refractivity contribution < 1.29 is 4.74 Å². The van der Waals surface area contributed by atoms with Gasteiger partial charge in [0.1, 0.15) is 0 Å². The summed E-state index contributed by atoms with van der Waals surface area (Å²) >= 11 is 0. The summed E-state index contributed by atoms with van der Waals surface area (Å²) in [5.41, 5.74) is 1.33. The van der Waals surface area contributed by atoms with Crippen LogP contribution < -0.4 is 0 Å². The molecule has 0 N–H and O–H groups in total. The minimum atomic E-state index is 0.788. The third kappa shape index (κ3) is 4.48. The predicted molar refractivity (Wildman–Crippen MR) is 55.8 cm³/mol. The van der Waals surface area contributed by atoms with Gasteiger partial charge in [0.05, 0.1) is 13.2 Å². The van der Waals surface area contributed by atoms with Crippen LogP contribution in [-0.4, -0.2) is 13.2 Å². The molecule has 0 aliphatic carbocycles. The average molecular weight is 176 g/mol. The summed E-state index contributed by atoms with van der Waals surface area (Å²) in [5, 5.41) is 0. The van der Waals surface area contributed by atoms with Crippen molar-refractivity contribution >= 4 is 0 Å². The molecule has 0 bridgehead atoms. The zero-order valence-electron chi connectivity index (χ0n) is 7.91. The Morgan fingerprint density at radius 1 is 1.15 bits per heavy atom. The van der Waals surface area contributed by atoms with Crippen molar-refractivity contribution in [2.45, 2.75) is 12.8 Å². The van der Waals surface area contributed by atoms with Crippen LogP contribution in [0.25, 0.3) is 0 Å². The maximum atomic E-state index is 5.41. The summed E-state index contributed by atoms with van der Waals surface area (Å²) in [6.45, 7) is 5.23. The molecule has 1 heteroatoms. The molecule has 0 aromatic heterocycles. The van der Waals surface area contributed by atoms with E-state index < -0.39 is 0 Å². The number of hydrogen-bond acceptors (Lipinski definition) is 1. The van der Waals surface area contributed by atoms with Crippen LogP contribution in [0.5, 0.6) is 0 Å². The first kappa shape index (κ1) is 10.0. The molecule has 0 fully saturated rings. The fraction of sp³-hybridized carbons (Fsp3) is 0.333. The highest BCUT2D eigenvalue weighted by atomic mass is 16.5. The van der Waals surface area contributed by atoms with Crippen LogP contribution in [-0.2, 0) is 11.2 Å². The van der Waals surface area contributed by atoms with E-state index in [1.165, 1.54) is 5.56 Å². The lowest BCUT2D eigenvalue weighted by Gasteiger charge is -2.02. The van der Waals surface area contributed by atoms with Crippen molar-refractivity contribution in [3.05, 3.63) is 48.6 Å². The number of ether oxygens (including phenoxy) is 1. The van der Waals surface area contributed by atoms with E-state index in [1.807, 2.05) is 12.1 Å². The van der Waals surface area contributed by atoms with Gasteiger partial charge in [0.2, 0.25) is 0 Å². The Morgan fingerprint density at radius 3 is 2.62 bits per heavy atom. The fourth-order valence-corrected chi connectivity index (χ4v) is 1.10. The normalized spacial score (nSPS) is 9.85. The zero-order chi connectivity index (χ0) is 9.36. The summed E-state index contributed by atoms with van der Waals surface area (Å²) in [6, 6.07) is 10.4. The molecule has 1 aromatic carbocycles. The molecule has 13 heavy (non-hydrogen) atoms. The van der Waals surface area contributed by atoms with E-state index in [9.17, 15) is 0 Å². The van der Waals surface area contributed by atoms with Gasteiger partial charge < -0.3 is 4.74 Å². The largest absolute Gasteiger partial charge is 0.381 e. The monoisotopic (exact) mass is 176 g/mol. The molecule has 0 aliphatic rings. The van der Waals surface area contributed by atoms with Crippen LogP contribution in [0.4, 0.5) is 0 Å². The Bertz CT molecular complexity index is 228. The summed E-state index contributed by atoms with van der Waals surface area (Å²) in [5.74, 6) is 0. The first-order valence-electron chi connectivity index (χ1n) is 4.66. The molecule has 0 aliphatic heterocycles. The minimum Gasteiger partial charge on any atom is -0.381 e. The molecule has 0 atom stereocenters. The van der Waals surface area contributed by atoms with E-state index in [2.05, 4.69) is 30.8 Å². The van der Waals surface area contributed by atoms with Crippen LogP contribution >= 0.6 is 0 Å². The van der Waals surface area contributed by atoms with Crippen molar-refractivity contribution in [3.8, 4) is 0 Å². The maximum Gasteiger partial charge on any atom is 0.0506 e. The lowest BCUT2D eigenvalue weighted by molar-refractivity contribution is 0.142. The van der Waals surface area contributed by atoms with Crippen molar-refractivity contribution in [2.75, 3.05) is 13.2 Å². The molecule has 1 nitrogen and oxygen atoms in total. The van der Waals surface area contributed by atoms with Gasteiger partial charge >= 0.3 is 0 Å². The maximum absolute atomic E-state index is 5.41. The second-order valence-corrected chi connectivity index (χ2v) is 2.93. The Labute approximate surface area is 80.0 Å². The molecule has 0 saturated heterocycles. The lowest BCUT2D eigenvalue weighted by Crippen LogP contribution is -1.99. The molecule has 1 aromatic rings. The summed E-state index contributed by atoms with van der Waals surface area (Å²) in [7, 11) is 0. The van der Waals surface area contributed by atoms with Gasteiger partial charge in [-0.1, -0.05) is 36.4 Å². The van der Waals surface area contributed by atoms with E-state index >= 15 is 0 Å². The Balaban J connectivity index is 2.10. The first-order chi connectivity index (χ1) is 6.43. The van der Waals surface area contributed by atoms with Crippen molar-refractivity contribution in [2.24, 2.45) is 0 Å².